The zero-order chi connectivity index (χ0) is 20.9. The Bertz CT molecular complexity index is 855. The van der Waals surface area contributed by atoms with Crippen molar-refractivity contribution in [3.05, 3.63) is 30.3 Å². The molecule has 1 atom stereocenters. The Kier molecular flexibility index (Phi) is 6.89. The predicted molar refractivity (Wildman–Crippen MR) is 107 cm³/mol. The van der Waals surface area contributed by atoms with Crippen LogP contribution in [0.1, 0.15) is 32.1 Å². The fourth-order valence-electron chi connectivity index (χ4n) is 3.75. The molecule has 1 aromatic carbocycles. The summed E-state index contributed by atoms with van der Waals surface area (Å²) in [6, 6.07) is 8.28. The first-order chi connectivity index (χ1) is 13.9. The fraction of sp³-hybridized carbons (Fsp3) is 0.550. The molecule has 0 radical (unpaired) electrons. The molecular formula is C20H26N2O6S. The minimum atomic E-state index is -3.19. The second-order valence-corrected chi connectivity index (χ2v) is 9.67. The highest BCUT2D eigenvalue weighted by molar-refractivity contribution is 7.91. The first kappa shape index (κ1) is 21.3. The third-order valence-corrected chi connectivity index (χ3v) is 6.97. The van der Waals surface area contributed by atoms with E-state index in [1.54, 1.807) is 30.3 Å². The van der Waals surface area contributed by atoms with Gasteiger partial charge in [0, 0.05) is 18.7 Å². The lowest BCUT2D eigenvalue weighted by Gasteiger charge is -2.28. The van der Waals surface area contributed by atoms with Gasteiger partial charge in [-0.15, -0.1) is 0 Å². The average molecular weight is 423 g/mol. The summed E-state index contributed by atoms with van der Waals surface area (Å²) in [4.78, 5) is 39.9. The molecule has 8 nitrogen and oxygen atoms in total. The van der Waals surface area contributed by atoms with Gasteiger partial charge in [0.2, 0.25) is 5.91 Å². The van der Waals surface area contributed by atoms with E-state index in [4.69, 9.17) is 4.74 Å². The molecule has 0 unspecified atom stereocenters. The summed E-state index contributed by atoms with van der Waals surface area (Å²) < 4.78 is 28.9. The number of sulfone groups is 1. The fourth-order valence-corrected chi connectivity index (χ4v) is 5.44. The summed E-state index contributed by atoms with van der Waals surface area (Å²) in [5, 5.41) is 0. The van der Waals surface area contributed by atoms with E-state index in [-0.39, 0.29) is 24.0 Å². The van der Waals surface area contributed by atoms with Crippen LogP contribution in [0.4, 0.5) is 5.69 Å². The highest BCUT2D eigenvalue weighted by atomic mass is 32.2. The van der Waals surface area contributed by atoms with E-state index in [1.807, 2.05) is 0 Å². The monoisotopic (exact) mass is 422 g/mol. The molecule has 1 aromatic rings. The summed E-state index contributed by atoms with van der Waals surface area (Å²) in [5.41, 5.74) is 0.568. The number of esters is 1. The zero-order valence-electron chi connectivity index (χ0n) is 16.3. The predicted octanol–water partition coefficient (Wildman–Crippen LogP) is 1.15. The molecule has 158 valence electrons. The van der Waals surface area contributed by atoms with Crippen LogP contribution in [0.15, 0.2) is 30.3 Å². The number of carbonyl (C=O) groups excluding carboxylic acids is 3. The van der Waals surface area contributed by atoms with Gasteiger partial charge in [-0.05, 0) is 31.4 Å². The quantitative estimate of drug-likeness (QED) is 0.638. The van der Waals surface area contributed by atoms with E-state index in [2.05, 4.69) is 0 Å². The number of anilines is 1. The van der Waals surface area contributed by atoms with Crippen LogP contribution < -0.4 is 4.90 Å². The van der Waals surface area contributed by atoms with Crippen molar-refractivity contribution in [2.24, 2.45) is 0 Å². The molecule has 29 heavy (non-hydrogen) atoms. The number of benzene rings is 1. The molecule has 0 aliphatic carbocycles. The Morgan fingerprint density at radius 3 is 2.59 bits per heavy atom. The maximum Gasteiger partial charge on any atom is 0.326 e. The van der Waals surface area contributed by atoms with Gasteiger partial charge in [-0.1, -0.05) is 24.6 Å². The Morgan fingerprint density at radius 1 is 1.14 bits per heavy atom. The van der Waals surface area contributed by atoms with Gasteiger partial charge in [-0.2, -0.15) is 0 Å². The summed E-state index contributed by atoms with van der Waals surface area (Å²) in [6.07, 6.45) is 3.38. The van der Waals surface area contributed by atoms with Gasteiger partial charge >= 0.3 is 5.97 Å². The third kappa shape index (κ3) is 5.79. The summed E-state index contributed by atoms with van der Waals surface area (Å²) in [6.45, 7) is -0.153. The smallest absolute Gasteiger partial charge is 0.326 e. The lowest BCUT2D eigenvalue weighted by atomic mass is 10.2. The average Bonchev–Trinajstić information content (AvgIpc) is 2.92. The minimum absolute atomic E-state index is 0.0329. The molecule has 0 spiro atoms. The van der Waals surface area contributed by atoms with Gasteiger partial charge in [-0.25, -0.2) is 8.42 Å². The van der Waals surface area contributed by atoms with Crippen molar-refractivity contribution in [2.45, 2.75) is 38.1 Å². The number of hydrogen-bond donors (Lipinski definition) is 0. The topological polar surface area (TPSA) is 101 Å². The van der Waals surface area contributed by atoms with E-state index in [1.165, 1.54) is 9.80 Å². The van der Waals surface area contributed by atoms with Gasteiger partial charge in [0.15, 0.2) is 16.4 Å². The van der Waals surface area contributed by atoms with Gasteiger partial charge in [0.25, 0.3) is 5.91 Å². The SMILES string of the molecule is O=C(CN1CCCCCC1=O)OCC(=O)N(c1ccccc1)[C@@H]1CCS(=O)(=O)C1. The van der Waals surface area contributed by atoms with Crippen molar-refractivity contribution in [2.75, 3.05) is 36.1 Å². The minimum Gasteiger partial charge on any atom is -0.454 e. The van der Waals surface area contributed by atoms with Crippen molar-refractivity contribution in [3.8, 4) is 0 Å². The standard InChI is InChI=1S/C20H26N2O6S/c23-18-9-5-2-6-11-21(18)13-20(25)28-14-19(24)22(16-7-3-1-4-8-16)17-10-12-29(26,27)15-17/h1,3-4,7-8,17H,2,5-6,9-15H2/t17-/m1/s1. The Balaban J connectivity index is 1.62. The van der Waals surface area contributed by atoms with Gasteiger partial charge in [-0.3, -0.25) is 14.4 Å². The molecule has 2 heterocycles. The molecule has 0 saturated carbocycles. The van der Waals surface area contributed by atoms with E-state index in [0.29, 0.717) is 25.1 Å². The van der Waals surface area contributed by atoms with Crippen LogP contribution in [0.2, 0.25) is 0 Å². The van der Waals surface area contributed by atoms with Crippen LogP contribution in [-0.4, -0.2) is 68.3 Å². The van der Waals surface area contributed by atoms with Gasteiger partial charge < -0.3 is 14.5 Å². The molecule has 2 saturated heterocycles. The van der Waals surface area contributed by atoms with E-state index in [0.717, 1.165) is 19.3 Å². The zero-order valence-corrected chi connectivity index (χ0v) is 17.1. The van der Waals surface area contributed by atoms with Crippen LogP contribution >= 0.6 is 0 Å². The molecule has 3 rings (SSSR count). The van der Waals surface area contributed by atoms with E-state index in [9.17, 15) is 22.8 Å². The lowest BCUT2D eigenvalue weighted by molar-refractivity contribution is -0.151. The molecule has 0 aromatic heterocycles. The van der Waals surface area contributed by atoms with Crippen LogP contribution in [0.3, 0.4) is 0 Å². The van der Waals surface area contributed by atoms with Crippen molar-refractivity contribution >= 4 is 33.3 Å². The van der Waals surface area contributed by atoms with E-state index < -0.39 is 34.4 Å². The molecule has 2 aliphatic rings. The normalized spacial score (nSPS) is 21.4. The highest BCUT2D eigenvalue weighted by Crippen LogP contribution is 2.24. The van der Waals surface area contributed by atoms with Crippen molar-refractivity contribution in [3.63, 3.8) is 0 Å². The second kappa shape index (κ2) is 9.39. The molecule has 2 amide bonds. The summed E-state index contributed by atoms with van der Waals surface area (Å²) in [7, 11) is -3.19. The Hall–Kier alpha value is -2.42. The van der Waals surface area contributed by atoms with Crippen molar-refractivity contribution in [1.82, 2.24) is 4.90 Å². The molecule has 9 heteroatoms. The lowest BCUT2D eigenvalue weighted by Crippen LogP contribution is -2.44. The molecular weight excluding hydrogens is 396 g/mol. The molecule has 0 bridgehead atoms. The van der Waals surface area contributed by atoms with Crippen LogP contribution in [-0.2, 0) is 29.0 Å². The summed E-state index contributed by atoms with van der Waals surface area (Å²) >= 11 is 0. The largest absolute Gasteiger partial charge is 0.454 e. The Labute approximate surface area is 170 Å². The first-order valence-electron chi connectivity index (χ1n) is 9.87. The summed E-state index contributed by atoms with van der Waals surface area (Å²) in [5.74, 6) is -1.27. The number of para-hydroxylation sites is 1. The first-order valence-corrected chi connectivity index (χ1v) is 11.7. The molecule has 0 N–H and O–H groups in total. The maximum atomic E-state index is 12.8. The molecule has 2 aliphatic heterocycles. The number of rotatable bonds is 6. The van der Waals surface area contributed by atoms with Crippen molar-refractivity contribution in [1.29, 1.82) is 0 Å². The second-order valence-electron chi connectivity index (χ2n) is 7.44. The maximum absolute atomic E-state index is 12.8. The number of ether oxygens (including phenoxy) is 1. The van der Waals surface area contributed by atoms with Gasteiger partial charge in [0.1, 0.15) is 6.54 Å². The van der Waals surface area contributed by atoms with Gasteiger partial charge in [0.05, 0.1) is 17.5 Å². The van der Waals surface area contributed by atoms with Crippen LogP contribution in [0.25, 0.3) is 0 Å². The number of likely N-dealkylation sites (tertiary alicyclic amines) is 1. The van der Waals surface area contributed by atoms with E-state index >= 15 is 0 Å². The third-order valence-electron chi connectivity index (χ3n) is 5.22. The number of nitrogens with zero attached hydrogens (tertiary/aromatic N) is 2. The molecule has 2 fully saturated rings. The van der Waals surface area contributed by atoms with Crippen molar-refractivity contribution < 1.29 is 27.5 Å². The Morgan fingerprint density at radius 2 is 1.90 bits per heavy atom. The number of amides is 2. The number of carbonyl (C=O) groups is 3. The number of hydrogen-bond acceptors (Lipinski definition) is 6. The van der Waals surface area contributed by atoms with Crippen LogP contribution in [0, 0.1) is 0 Å². The highest BCUT2D eigenvalue weighted by Gasteiger charge is 2.35. The van der Waals surface area contributed by atoms with Crippen LogP contribution in [0.5, 0.6) is 0 Å².